The maximum Gasteiger partial charge on any atom is 0.261 e. The normalized spacial score (nSPS) is 28.2. The lowest BCUT2D eigenvalue weighted by molar-refractivity contribution is -0.160. The number of hydrogen-bond acceptors (Lipinski definition) is 6. The van der Waals surface area contributed by atoms with E-state index >= 15 is 0 Å². The first-order chi connectivity index (χ1) is 15.7. The van der Waals surface area contributed by atoms with Crippen LogP contribution in [0.4, 0.5) is 0 Å². The number of sulfonamides is 1. The summed E-state index contributed by atoms with van der Waals surface area (Å²) < 4.78 is 40.6. The molecule has 5 rings (SSSR count). The Morgan fingerprint density at radius 1 is 0.939 bits per heavy atom. The van der Waals surface area contributed by atoms with Gasteiger partial charge in [0.05, 0.1) is 29.0 Å². The maximum atomic E-state index is 13.1. The summed E-state index contributed by atoms with van der Waals surface area (Å²) in [7, 11) is -3.64. The highest BCUT2D eigenvalue weighted by Crippen LogP contribution is 2.45. The van der Waals surface area contributed by atoms with Crippen LogP contribution in [0.5, 0.6) is 0 Å². The number of imide groups is 1. The molecule has 1 aliphatic carbocycles. The molecule has 0 aromatic heterocycles. The predicted octanol–water partition coefficient (Wildman–Crippen LogP) is 2.31. The van der Waals surface area contributed by atoms with Crippen LogP contribution >= 0.6 is 0 Å². The molecule has 0 bridgehead atoms. The summed E-state index contributed by atoms with van der Waals surface area (Å²) in [5, 5.41) is 0. The summed E-state index contributed by atoms with van der Waals surface area (Å²) in [4.78, 5) is 27.4. The van der Waals surface area contributed by atoms with E-state index in [0.29, 0.717) is 17.5 Å². The van der Waals surface area contributed by atoms with Crippen LogP contribution in [-0.2, 0) is 26.0 Å². The van der Waals surface area contributed by atoms with Crippen LogP contribution in [0.15, 0.2) is 54.6 Å². The molecule has 4 atom stereocenters. The zero-order valence-corrected chi connectivity index (χ0v) is 19.2. The van der Waals surface area contributed by atoms with Gasteiger partial charge in [0.1, 0.15) is 6.10 Å². The molecule has 2 aliphatic heterocycles. The highest BCUT2D eigenvalue weighted by atomic mass is 32.2. The number of fused-ring (bicyclic) bond motifs is 2. The van der Waals surface area contributed by atoms with Crippen molar-refractivity contribution in [3.05, 3.63) is 71.3 Å². The van der Waals surface area contributed by atoms with Crippen molar-refractivity contribution in [1.82, 2.24) is 9.62 Å². The van der Waals surface area contributed by atoms with E-state index in [4.69, 9.17) is 9.47 Å². The van der Waals surface area contributed by atoms with Gasteiger partial charge < -0.3 is 9.47 Å². The number of hydrogen-bond donors (Lipinski definition) is 1. The van der Waals surface area contributed by atoms with E-state index in [1.54, 1.807) is 38.1 Å². The zero-order valence-electron chi connectivity index (χ0n) is 18.4. The number of amides is 2. The lowest BCUT2D eigenvalue weighted by atomic mass is 10.1. The molecule has 8 nitrogen and oxygen atoms in total. The van der Waals surface area contributed by atoms with Gasteiger partial charge in [-0.3, -0.25) is 14.5 Å². The molecule has 174 valence electrons. The van der Waals surface area contributed by atoms with Gasteiger partial charge in [0.15, 0.2) is 5.79 Å². The standard InChI is InChI=1S/C24H26N2O6S/c1-24(2)31-20-16(14-33(29,30)25-13-15-8-4-3-5-9-15)12-19(21(20)32-24)26-22(27)17-10-6-7-11-18(17)23(26)28/h3-11,16,19-21,25H,12-14H2,1-2H3/t16-,19-,20-,21+/m1/s1. The van der Waals surface area contributed by atoms with Gasteiger partial charge in [-0.25, -0.2) is 13.1 Å². The smallest absolute Gasteiger partial charge is 0.261 e. The number of carbonyl (C=O) groups is 2. The largest absolute Gasteiger partial charge is 0.344 e. The molecular weight excluding hydrogens is 444 g/mol. The summed E-state index contributed by atoms with van der Waals surface area (Å²) >= 11 is 0. The second-order valence-electron chi connectivity index (χ2n) is 9.24. The Hall–Kier alpha value is -2.59. The van der Waals surface area contributed by atoms with Gasteiger partial charge in [-0.15, -0.1) is 0 Å². The van der Waals surface area contributed by atoms with Crippen LogP contribution in [0.25, 0.3) is 0 Å². The highest BCUT2D eigenvalue weighted by molar-refractivity contribution is 7.89. The number of rotatable bonds is 6. The first-order valence-corrected chi connectivity index (χ1v) is 12.6. The quantitative estimate of drug-likeness (QED) is 0.650. The van der Waals surface area contributed by atoms with E-state index in [0.717, 1.165) is 5.56 Å². The molecule has 2 aromatic carbocycles. The van der Waals surface area contributed by atoms with Crippen molar-refractivity contribution in [1.29, 1.82) is 0 Å². The molecule has 3 aliphatic rings. The minimum atomic E-state index is -3.64. The fourth-order valence-corrected chi connectivity index (χ4v) is 6.51. The molecule has 1 saturated heterocycles. The summed E-state index contributed by atoms with van der Waals surface area (Å²) in [5.41, 5.74) is 1.58. The maximum absolute atomic E-state index is 13.1. The van der Waals surface area contributed by atoms with Crippen LogP contribution < -0.4 is 4.72 Å². The first-order valence-electron chi connectivity index (χ1n) is 11.0. The highest BCUT2D eigenvalue weighted by Gasteiger charge is 2.59. The number of carbonyl (C=O) groups excluding carboxylic acids is 2. The van der Waals surface area contributed by atoms with Gasteiger partial charge >= 0.3 is 0 Å². The second-order valence-corrected chi connectivity index (χ2v) is 11.1. The Kier molecular flexibility index (Phi) is 5.40. The SMILES string of the molecule is CC1(C)O[C@@H]2[C@@H](CS(=O)(=O)NCc3ccccc3)C[C@@H](N3C(=O)c4ccccc4C3=O)[C@@H]2O1. The van der Waals surface area contributed by atoms with Crippen molar-refractivity contribution in [3.63, 3.8) is 0 Å². The van der Waals surface area contributed by atoms with E-state index < -0.39 is 40.0 Å². The topological polar surface area (TPSA) is 102 Å². The van der Waals surface area contributed by atoms with Crippen molar-refractivity contribution in [2.24, 2.45) is 5.92 Å². The van der Waals surface area contributed by atoms with Crippen LogP contribution in [0.1, 0.15) is 46.5 Å². The molecule has 0 unspecified atom stereocenters. The third-order valence-electron chi connectivity index (χ3n) is 6.48. The van der Waals surface area contributed by atoms with Gasteiger partial charge in [-0.1, -0.05) is 42.5 Å². The van der Waals surface area contributed by atoms with Crippen LogP contribution in [0.3, 0.4) is 0 Å². The minimum Gasteiger partial charge on any atom is -0.344 e. The molecule has 9 heteroatoms. The Balaban J connectivity index is 1.37. The predicted molar refractivity (Wildman–Crippen MR) is 120 cm³/mol. The molecule has 1 saturated carbocycles. The summed E-state index contributed by atoms with van der Waals surface area (Å²) in [6.45, 7) is 3.70. The molecule has 2 amide bonds. The number of ether oxygens (including phenoxy) is 2. The van der Waals surface area contributed by atoms with Crippen molar-refractivity contribution < 1.29 is 27.5 Å². The third-order valence-corrected chi connectivity index (χ3v) is 7.93. The van der Waals surface area contributed by atoms with E-state index in [-0.39, 0.29) is 24.1 Å². The monoisotopic (exact) mass is 470 g/mol. The Labute approximate surface area is 192 Å². The van der Waals surface area contributed by atoms with Crippen molar-refractivity contribution in [2.45, 2.75) is 50.8 Å². The van der Waals surface area contributed by atoms with Crippen LogP contribution in [0.2, 0.25) is 0 Å². The Morgan fingerprint density at radius 3 is 2.15 bits per heavy atom. The average Bonchev–Trinajstić information content (AvgIpc) is 3.35. The molecule has 0 spiro atoms. The van der Waals surface area contributed by atoms with E-state index in [2.05, 4.69) is 4.72 Å². The van der Waals surface area contributed by atoms with Gasteiger partial charge in [0.2, 0.25) is 10.0 Å². The van der Waals surface area contributed by atoms with Gasteiger partial charge in [0.25, 0.3) is 11.8 Å². The van der Waals surface area contributed by atoms with Crippen molar-refractivity contribution in [3.8, 4) is 0 Å². The lowest BCUT2D eigenvalue weighted by Gasteiger charge is -2.28. The van der Waals surface area contributed by atoms with Crippen molar-refractivity contribution in [2.75, 3.05) is 5.75 Å². The summed E-state index contributed by atoms with van der Waals surface area (Å²) in [6.07, 6.45) is -0.831. The Morgan fingerprint density at radius 2 is 1.52 bits per heavy atom. The molecule has 1 N–H and O–H groups in total. The average molecular weight is 471 g/mol. The number of nitrogens with zero attached hydrogens (tertiary/aromatic N) is 1. The van der Waals surface area contributed by atoms with E-state index in [1.165, 1.54) is 4.90 Å². The Bertz CT molecular complexity index is 1160. The van der Waals surface area contributed by atoms with Gasteiger partial charge in [-0.05, 0) is 38.0 Å². The minimum absolute atomic E-state index is 0.180. The fourth-order valence-electron chi connectivity index (χ4n) is 5.11. The first kappa shape index (κ1) is 22.2. The molecule has 0 radical (unpaired) electrons. The number of nitrogens with one attached hydrogen (secondary N) is 1. The van der Waals surface area contributed by atoms with Crippen LogP contribution in [-0.4, -0.2) is 54.9 Å². The van der Waals surface area contributed by atoms with E-state index in [1.807, 2.05) is 30.3 Å². The van der Waals surface area contributed by atoms with Gasteiger partial charge in [-0.2, -0.15) is 0 Å². The lowest BCUT2D eigenvalue weighted by Crippen LogP contribution is -2.46. The fraction of sp³-hybridized carbons (Fsp3) is 0.417. The summed E-state index contributed by atoms with van der Waals surface area (Å²) in [5.74, 6) is -2.30. The molecule has 2 fully saturated rings. The number of benzene rings is 2. The summed E-state index contributed by atoms with van der Waals surface area (Å²) in [6, 6.07) is 15.4. The molecular formula is C24H26N2O6S. The molecule has 33 heavy (non-hydrogen) atoms. The third kappa shape index (κ3) is 4.10. The van der Waals surface area contributed by atoms with Gasteiger partial charge in [0, 0.05) is 12.5 Å². The second kappa shape index (κ2) is 8.02. The zero-order chi connectivity index (χ0) is 23.4. The molecule has 2 aromatic rings. The van der Waals surface area contributed by atoms with E-state index in [9.17, 15) is 18.0 Å². The molecule has 2 heterocycles. The van der Waals surface area contributed by atoms with Crippen molar-refractivity contribution >= 4 is 21.8 Å². The van der Waals surface area contributed by atoms with Crippen LogP contribution in [0, 0.1) is 5.92 Å².